The fourth-order valence-corrected chi connectivity index (χ4v) is 2.25. The third-order valence-electron chi connectivity index (χ3n) is 3.37. The topological polar surface area (TPSA) is 38.7 Å². The van der Waals surface area contributed by atoms with Crippen LogP contribution in [-0.4, -0.2) is 25.4 Å². The van der Waals surface area contributed by atoms with Gasteiger partial charge in [0.1, 0.15) is 11.5 Å². The third kappa shape index (κ3) is 3.86. The van der Waals surface area contributed by atoms with Gasteiger partial charge in [-0.1, -0.05) is 17.7 Å². The van der Waals surface area contributed by atoms with Gasteiger partial charge in [0, 0.05) is 7.11 Å². The molecular weight excluding hydrogens is 240 g/mol. The molecular formula is C16H20O3. The maximum Gasteiger partial charge on any atom is 0.118 e. The van der Waals surface area contributed by atoms with Gasteiger partial charge < -0.3 is 14.6 Å². The molecule has 1 aliphatic carbocycles. The smallest absolute Gasteiger partial charge is 0.118 e. The van der Waals surface area contributed by atoms with Crippen molar-refractivity contribution in [1.29, 1.82) is 0 Å². The molecule has 0 radical (unpaired) electrons. The zero-order valence-electron chi connectivity index (χ0n) is 11.4. The Labute approximate surface area is 114 Å². The summed E-state index contributed by atoms with van der Waals surface area (Å²) in [5, 5.41) is 9.63. The van der Waals surface area contributed by atoms with E-state index in [4.69, 9.17) is 9.47 Å². The molecule has 3 nitrogen and oxygen atoms in total. The van der Waals surface area contributed by atoms with Gasteiger partial charge in [-0.25, -0.2) is 0 Å². The summed E-state index contributed by atoms with van der Waals surface area (Å²) in [6.45, 7) is 0. The molecule has 0 saturated carbocycles. The Kier molecular flexibility index (Phi) is 4.63. The molecule has 0 amide bonds. The largest absolute Gasteiger partial charge is 0.508 e. The van der Waals surface area contributed by atoms with Gasteiger partial charge in [0.25, 0.3) is 0 Å². The van der Waals surface area contributed by atoms with Crippen LogP contribution >= 0.6 is 0 Å². The molecule has 102 valence electrons. The third-order valence-corrected chi connectivity index (χ3v) is 3.37. The fraction of sp³-hybridized carbons (Fsp3) is 0.375. The first-order valence-corrected chi connectivity index (χ1v) is 6.47. The monoisotopic (exact) mass is 260 g/mol. The van der Waals surface area contributed by atoms with Crippen molar-refractivity contribution in [3.05, 3.63) is 53.3 Å². The lowest BCUT2D eigenvalue weighted by Crippen LogP contribution is -2.13. The molecule has 1 unspecified atom stereocenters. The number of aryl methyl sites for hydroxylation is 1. The van der Waals surface area contributed by atoms with Crippen LogP contribution in [0.15, 0.2) is 47.7 Å². The molecule has 2 rings (SSSR count). The van der Waals surface area contributed by atoms with Crippen LogP contribution in [0.1, 0.15) is 18.4 Å². The number of aliphatic hydroxyl groups is 1. The molecule has 1 aromatic rings. The van der Waals surface area contributed by atoms with Crippen molar-refractivity contribution in [2.75, 3.05) is 14.2 Å². The van der Waals surface area contributed by atoms with Gasteiger partial charge in [-0.15, -0.1) is 0 Å². The fourth-order valence-electron chi connectivity index (χ4n) is 2.25. The van der Waals surface area contributed by atoms with E-state index >= 15 is 0 Å². The van der Waals surface area contributed by atoms with Gasteiger partial charge in [0.15, 0.2) is 0 Å². The molecule has 1 N–H and O–H groups in total. The van der Waals surface area contributed by atoms with Crippen molar-refractivity contribution < 1.29 is 14.6 Å². The van der Waals surface area contributed by atoms with E-state index in [0.717, 1.165) is 25.0 Å². The number of hydrogen-bond acceptors (Lipinski definition) is 3. The second-order valence-corrected chi connectivity index (χ2v) is 4.72. The Morgan fingerprint density at radius 3 is 2.53 bits per heavy atom. The van der Waals surface area contributed by atoms with Crippen molar-refractivity contribution >= 4 is 0 Å². The summed E-state index contributed by atoms with van der Waals surface area (Å²) in [7, 11) is 3.34. The molecule has 1 atom stereocenters. The Hall–Kier alpha value is -1.74. The lowest BCUT2D eigenvalue weighted by atomic mass is 9.95. The number of rotatable bonds is 5. The van der Waals surface area contributed by atoms with E-state index in [2.05, 4.69) is 12.1 Å². The van der Waals surface area contributed by atoms with E-state index in [0.29, 0.717) is 5.76 Å². The predicted octanol–water partition coefficient (Wildman–Crippen LogP) is 3.41. The molecule has 0 heterocycles. The summed E-state index contributed by atoms with van der Waals surface area (Å²) in [6.07, 6.45) is 6.34. The van der Waals surface area contributed by atoms with Crippen molar-refractivity contribution in [1.82, 2.24) is 0 Å². The van der Waals surface area contributed by atoms with Crippen LogP contribution in [0.25, 0.3) is 0 Å². The highest BCUT2D eigenvalue weighted by molar-refractivity contribution is 5.29. The van der Waals surface area contributed by atoms with Gasteiger partial charge in [0.05, 0.1) is 13.2 Å². The first-order chi connectivity index (χ1) is 9.21. The minimum atomic E-state index is -0.00383. The van der Waals surface area contributed by atoms with Crippen LogP contribution < -0.4 is 4.74 Å². The maximum absolute atomic E-state index is 9.63. The summed E-state index contributed by atoms with van der Waals surface area (Å²) < 4.78 is 10.4. The molecule has 19 heavy (non-hydrogen) atoms. The zero-order chi connectivity index (χ0) is 13.7. The highest BCUT2D eigenvalue weighted by Crippen LogP contribution is 2.23. The SMILES string of the molecule is COc1ccc(CCC2=CC(O)=CC(OC)C2)cc1. The summed E-state index contributed by atoms with van der Waals surface area (Å²) in [4.78, 5) is 0. The number of hydrogen-bond donors (Lipinski definition) is 1. The lowest BCUT2D eigenvalue weighted by Gasteiger charge is -2.18. The Balaban J connectivity index is 1.93. The first-order valence-electron chi connectivity index (χ1n) is 6.47. The molecule has 0 aromatic heterocycles. The van der Waals surface area contributed by atoms with Crippen molar-refractivity contribution in [3.63, 3.8) is 0 Å². The van der Waals surface area contributed by atoms with Crippen LogP contribution in [-0.2, 0) is 11.2 Å². The molecule has 0 aliphatic heterocycles. The van der Waals surface area contributed by atoms with Crippen molar-refractivity contribution in [2.45, 2.75) is 25.4 Å². The maximum atomic E-state index is 9.63. The normalized spacial score (nSPS) is 18.7. The van der Waals surface area contributed by atoms with Crippen molar-refractivity contribution in [3.8, 4) is 5.75 Å². The second kappa shape index (κ2) is 6.43. The quantitative estimate of drug-likeness (QED) is 0.881. The Morgan fingerprint density at radius 1 is 1.16 bits per heavy atom. The summed E-state index contributed by atoms with van der Waals surface area (Å²) >= 11 is 0. The molecule has 0 bridgehead atoms. The second-order valence-electron chi connectivity index (χ2n) is 4.72. The summed E-state index contributed by atoms with van der Waals surface area (Å²) in [5.41, 5.74) is 2.49. The van der Waals surface area contributed by atoms with Gasteiger partial charge in [-0.2, -0.15) is 0 Å². The van der Waals surface area contributed by atoms with Gasteiger partial charge in [-0.05, 0) is 49.1 Å². The number of allylic oxidation sites excluding steroid dienone is 1. The van der Waals surface area contributed by atoms with Crippen molar-refractivity contribution in [2.24, 2.45) is 0 Å². The average molecular weight is 260 g/mol. The molecule has 1 aliphatic rings. The van der Waals surface area contributed by atoms with E-state index in [9.17, 15) is 5.11 Å². The van der Waals surface area contributed by atoms with Gasteiger partial charge in [-0.3, -0.25) is 0 Å². The predicted molar refractivity (Wildman–Crippen MR) is 75.5 cm³/mol. The highest BCUT2D eigenvalue weighted by Gasteiger charge is 2.14. The molecule has 0 saturated heterocycles. The van der Waals surface area contributed by atoms with Crippen LogP contribution in [0.2, 0.25) is 0 Å². The minimum Gasteiger partial charge on any atom is -0.508 e. The Bertz CT molecular complexity index is 471. The van der Waals surface area contributed by atoms with Gasteiger partial charge in [0.2, 0.25) is 0 Å². The lowest BCUT2D eigenvalue weighted by molar-refractivity contribution is 0.135. The highest BCUT2D eigenvalue weighted by atomic mass is 16.5. The van der Waals surface area contributed by atoms with Crippen LogP contribution in [0.4, 0.5) is 0 Å². The number of benzene rings is 1. The number of aliphatic hydroxyl groups excluding tert-OH is 1. The number of methoxy groups -OCH3 is 2. The van der Waals surface area contributed by atoms with Crippen LogP contribution in [0, 0.1) is 0 Å². The average Bonchev–Trinajstić information content (AvgIpc) is 2.45. The standard InChI is InChI=1S/C16H20O3/c1-18-15-7-5-12(6-8-15)3-4-13-9-14(17)11-16(10-13)19-2/h5-9,11,16-17H,3-4,10H2,1-2H3. The Morgan fingerprint density at radius 2 is 1.89 bits per heavy atom. The summed E-state index contributed by atoms with van der Waals surface area (Å²) in [6, 6.07) is 8.09. The molecule has 1 aromatic carbocycles. The molecule has 3 heteroatoms. The molecule has 0 fully saturated rings. The van der Waals surface area contributed by atoms with E-state index < -0.39 is 0 Å². The van der Waals surface area contributed by atoms with Crippen LogP contribution in [0.5, 0.6) is 5.75 Å². The van der Waals surface area contributed by atoms with E-state index in [1.807, 2.05) is 18.2 Å². The zero-order valence-corrected chi connectivity index (χ0v) is 11.4. The first kappa shape index (κ1) is 13.7. The van der Waals surface area contributed by atoms with Crippen LogP contribution in [0.3, 0.4) is 0 Å². The molecule has 0 spiro atoms. The van der Waals surface area contributed by atoms with Gasteiger partial charge >= 0.3 is 0 Å². The van der Waals surface area contributed by atoms with E-state index in [1.54, 1.807) is 20.3 Å². The van der Waals surface area contributed by atoms with E-state index in [-0.39, 0.29) is 6.10 Å². The number of ether oxygens (including phenoxy) is 2. The summed E-state index contributed by atoms with van der Waals surface area (Å²) in [5.74, 6) is 1.18. The minimum absolute atomic E-state index is 0.00383. The van der Waals surface area contributed by atoms with E-state index in [1.165, 1.54) is 11.1 Å².